The average Bonchev–Trinajstić information content (AvgIpc) is 2.83. The van der Waals surface area contributed by atoms with Crippen LogP contribution in [-0.2, 0) is 4.79 Å². The lowest BCUT2D eigenvalue weighted by Crippen LogP contribution is -2.20. The van der Waals surface area contributed by atoms with Crippen molar-refractivity contribution >= 4 is 23.5 Å². The van der Waals surface area contributed by atoms with Crippen molar-refractivity contribution in [1.29, 1.82) is 0 Å². The Morgan fingerprint density at radius 3 is 2.35 bits per heavy atom. The van der Waals surface area contributed by atoms with E-state index in [1.807, 2.05) is 68.4 Å². The van der Waals surface area contributed by atoms with Gasteiger partial charge in [0.05, 0.1) is 6.61 Å². The number of amides is 1. The maximum absolute atomic E-state index is 12.5. The van der Waals surface area contributed by atoms with E-state index in [-0.39, 0.29) is 18.3 Å². The summed E-state index contributed by atoms with van der Waals surface area (Å²) in [6.07, 6.45) is 3.29. The molecule has 0 saturated carbocycles. The number of benzene rings is 3. The van der Waals surface area contributed by atoms with Gasteiger partial charge in [-0.2, -0.15) is 0 Å². The molecule has 0 aliphatic carbocycles. The third-order valence-corrected chi connectivity index (χ3v) is 5.33. The summed E-state index contributed by atoms with van der Waals surface area (Å²) >= 11 is 0. The van der Waals surface area contributed by atoms with Crippen LogP contribution in [0.25, 0.3) is 6.08 Å². The Morgan fingerprint density at radius 1 is 0.941 bits per heavy atom. The molecule has 0 unspecified atom stereocenters. The van der Waals surface area contributed by atoms with Gasteiger partial charge in [-0.05, 0) is 60.7 Å². The fraction of sp³-hybridized carbons (Fsp3) is 0.241. The highest BCUT2D eigenvalue weighted by Gasteiger charge is 2.10. The monoisotopic (exact) mass is 457 g/mol. The number of ketones is 1. The summed E-state index contributed by atoms with van der Waals surface area (Å²) in [6, 6.07) is 20.6. The molecule has 3 rings (SSSR count). The molecule has 0 aliphatic rings. The van der Waals surface area contributed by atoms with Gasteiger partial charge in [-0.1, -0.05) is 68.5 Å². The molecule has 3 aromatic rings. The molecule has 0 bridgehead atoms. The summed E-state index contributed by atoms with van der Waals surface area (Å²) in [4.78, 5) is 24.9. The molecule has 0 atom stereocenters. The van der Waals surface area contributed by atoms with E-state index in [9.17, 15) is 9.59 Å². The number of hydrogen-bond acceptors (Lipinski definition) is 4. The summed E-state index contributed by atoms with van der Waals surface area (Å²) in [6.45, 7) is 8.35. The predicted octanol–water partition coefficient (Wildman–Crippen LogP) is 6.43. The lowest BCUT2D eigenvalue weighted by Gasteiger charge is -2.13. The smallest absolute Gasteiger partial charge is 0.262 e. The van der Waals surface area contributed by atoms with Gasteiger partial charge in [0, 0.05) is 11.3 Å². The van der Waals surface area contributed by atoms with Crippen LogP contribution in [0.3, 0.4) is 0 Å². The van der Waals surface area contributed by atoms with Crippen LogP contribution in [0.1, 0.15) is 53.7 Å². The molecule has 34 heavy (non-hydrogen) atoms. The van der Waals surface area contributed by atoms with Crippen LogP contribution in [-0.4, -0.2) is 24.9 Å². The zero-order valence-corrected chi connectivity index (χ0v) is 20.1. The maximum Gasteiger partial charge on any atom is 0.262 e. The van der Waals surface area contributed by atoms with Gasteiger partial charge in [-0.25, -0.2) is 0 Å². The number of anilines is 1. The van der Waals surface area contributed by atoms with Crippen molar-refractivity contribution in [2.75, 3.05) is 18.5 Å². The molecule has 0 saturated heterocycles. The number of para-hydroxylation sites is 1. The topological polar surface area (TPSA) is 64.6 Å². The van der Waals surface area contributed by atoms with Gasteiger partial charge in [0.25, 0.3) is 5.91 Å². The summed E-state index contributed by atoms with van der Waals surface area (Å²) in [5.41, 5.74) is 4.38. The first kappa shape index (κ1) is 24.8. The summed E-state index contributed by atoms with van der Waals surface area (Å²) in [5.74, 6) is 1.08. The van der Waals surface area contributed by atoms with E-state index in [0.29, 0.717) is 29.6 Å². The Hall–Kier alpha value is -3.86. The van der Waals surface area contributed by atoms with E-state index in [2.05, 4.69) is 19.2 Å². The Labute approximate surface area is 201 Å². The minimum absolute atomic E-state index is 0.0681. The second kappa shape index (κ2) is 11.8. The quantitative estimate of drug-likeness (QED) is 0.281. The van der Waals surface area contributed by atoms with Gasteiger partial charge in [0.15, 0.2) is 23.9 Å². The van der Waals surface area contributed by atoms with Crippen molar-refractivity contribution in [3.05, 3.63) is 95.1 Å². The Morgan fingerprint density at radius 2 is 1.68 bits per heavy atom. The maximum atomic E-state index is 12.5. The third-order valence-electron chi connectivity index (χ3n) is 5.33. The van der Waals surface area contributed by atoms with Gasteiger partial charge in [0.2, 0.25) is 0 Å². The first-order valence-electron chi connectivity index (χ1n) is 11.4. The van der Waals surface area contributed by atoms with E-state index >= 15 is 0 Å². The highest BCUT2D eigenvalue weighted by molar-refractivity contribution is 6.06. The van der Waals surface area contributed by atoms with Crippen LogP contribution in [0.5, 0.6) is 11.5 Å². The molecule has 0 spiro atoms. The molecule has 1 amide bonds. The van der Waals surface area contributed by atoms with Crippen molar-refractivity contribution in [2.45, 2.75) is 33.6 Å². The summed E-state index contributed by atoms with van der Waals surface area (Å²) < 4.78 is 11.4. The SMILES string of the molecule is CCOc1cc(/C=C/C(=O)c2ccc(C(C)C)cc2)ccc1OCC(=O)Nc1ccccc1C. The van der Waals surface area contributed by atoms with E-state index in [0.717, 1.165) is 16.8 Å². The van der Waals surface area contributed by atoms with E-state index in [4.69, 9.17) is 9.47 Å². The highest BCUT2D eigenvalue weighted by atomic mass is 16.5. The molecule has 176 valence electrons. The number of carbonyl (C=O) groups is 2. The highest BCUT2D eigenvalue weighted by Crippen LogP contribution is 2.29. The molecule has 5 heteroatoms. The molecule has 0 heterocycles. The molecule has 5 nitrogen and oxygen atoms in total. The Bertz CT molecular complexity index is 1160. The lowest BCUT2D eigenvalue weighted by atomic mass is 10.0. The van der Waals surface area contributed by atoms with Crippen LogP contribution in [0.2, 0.25) is 0 Å². The number of ether oxygens (including phenoxy) is 2. The zero-order chi connectivity index (χ0) is 24.5. The van der Waals surface area contributed by atoms with Crippen molar-refractivity contribution in [3.8, 4) is 11.5 Å². The van der Waals surface area contributed by atoms with Crippen LogP contribution in [0.4, 0.5) is 5.69 Å². The Balaban J connectivity index is 1.65. The van der Waals surface area contributed by atoms with E-state index in [1.165, 1.54) is 5.56 Å². The van der Waals surface area contributed by atoms with Gasteiger partial charge in [-0.3, -0.25) is 9.59 Å². The van der Waals surface area contributed by atoms with Gasteiger partial charge < -0.3 is 14.8 Å². The second-order valence-corrected chi connectivity index (χ2v) is 8.27. The fourth-order valence-electron chi connectivity index (χ4n) is 3.36. The predicted molar refractivity (Wildman–Crippen MR) is 137 cm³/mol. The van der Waals surface area contributed by atoms with Crippen LogP contribution in [0.15, 0.2) is 72.8 Å². The van der Waals surface area contributed by atoms with Gasteiger partial charge in [0.1, 0.15) is 0 Å². The molecular weight excluding hydrogens is 426 g/mol. The molecule has 3 aromatic carbocycles. The van der Waals surface area contributed by atoms with Gasteiger partial charge in [-0.15, -0.1) is 0 Å². The molecule has 0 radical (unpaired) electrons. The molecule has 0 aliphatic heterocycles. The number of rotatable bonds is 10. The lowest BCUT2D eigenvalue weighted by molar-refractivity contribution is -0.118. The normalized spacial score (nSPS) is 11.0. The van der Waals surface area contributed by atoms with Crippen LogP contribution in [0, 0.1) is 6.92 Å². The second-order valence-electron chi connectivity index (χ2n) is 8.27. The van der Waals surface area contributed by atoms with Crippen molar-refractivity contribution in [1.82, 2.24) is 0 Å². The average molecular weight is 458 g/mol. The zero-order valence-electron chi connectivity index (χ0n) is 20.1. The molecule has 1 N–H and O–H groups in total. The summed E-state index contributed by atoms with van der Waals surface area (Å²) in [5, 5.41) is 2.85. The third kappa shape index (κ3) is 6.82. The first-order chi connectivity index (χ1) is 16.4. The summed E-state index contributed by atoms with van der Waals surface area (Å²) in [7, 11) is 0. The number of carbonyl (C=O) groups excluding carboxylic acids is 2. The standard InChI is InChI=1S/C29H31NO4/c1-5-33-28-18-22(10-16-26(31)24-14-12-23(13-15-24)20(2)3)11-17-27(28)34-19-29(32)30-25-9-7-6-8-21(25)4/h6-18,20H,5,19H2,1-4H3,(H,30,32)/b16-10+. The molecule has 0 aromatic heterocycles. The van der Waals surface area contributed by atoms with Crippen LogP contribution < -0.4 is 14.8 Å². The van der Waals surface area contributed by atoms with Gasteiger partial charge >= 0.3 is 0 Å². The first-order valence-corrected chi connectivity index (χ1v) is 11.4. The van der Waals surface area contributed by atoms with E-state index in [1.54, 1.807) is 24.3 Å². The molecule has 0 fully saturated rings. The van der Waals surface area contributed by atoms with Crippen molar-refractivity contribution < 1.29 is 19.1 Å². The van der Waals surface area contributed by atoms with E-state index < -0.39 is 0 Å². The largest absolute Gasteiger partial charge is 0.490 e. The minimum atomic E-state index is -0.255. The van der Waals surface area contributed by atoms with Crippen molar-refractivity contribution in [2.24, 2.45) is 0 Å². The minimum Gasteiger partial charge on any atom is -0.490 e. The molecular formula is C29H31NO4. The number of nitrogens with one attached hydrogen (secondary N) is 1. The number of aryl methyl sites for hydroxylation is 1. The van der Waals surface area contributed by atoms with Crippen LogP contribution >= 0.6 is 0 Å². The fourth-order valence-corrected chi connectivity index (χ4v) is 3.36. The number of allylic oxidation sites excluding steroid dienone is 1. The van der Waals surface area contributed by atoms with Crippen molar-refractivity contribution in [3.63, 3.8) is 0 Å². The Kier molecular flexibility index (Phi) is 8.63. The number of hydrogen-bond donors (Lipinski definition) is 1.